The largest absolute Gasteiger partial charge is 0.379 e. The third-order valence-corrected chi connectivity index (χ3v) is 6.35. The Hall–Kier alpha value is -3.59. The van der Waals surface area contributed by atoms with Gasteiger partial charge >= 0.3 is 0 Å². The molecule has 0 aliphatic carbocycles. The second-order valence-corrected chi connectivity index (χ2v) is 9.38. The molecular formula is C31H33FN2. The van der Waals surface area contributed by atoms with Crippen LogP contribution in [0.1, 0.15) is 68.0 Å². The van der Waals surface area contributed by atoms with Crippen LogP contribution in [-0.2, 0) is 0 Å². The van der Waals surface area contributed by atoms with Crippen LogP contribution in [0.25, 0.3) is 11.3 Å². The van der Waals surface area contributed by atoms with E-state index in [1.54, 1.807) is 12.1 Å². The second kappa shape index (κ2) is 10.1. The molecular weight excluding hydrogens is 419 g/mol. The molecule has 1 heterocycles. The highest BCUT2D eigenvalue weighted by Crippen LogP contribution is 2.36. The van der Waals surface area contributed by atoms with E-state index in [0.29, 0.717) is 11.8 Å². The van der Waals surface area contributed by atoms with Crippen LogP contribution >= 0.6 is 0 Å². The number of para-hydroxylation sites is 1. The first kappa shape index (κ1) is 23.6. The number of halogens is 1. The SMILES string of the molecule is [CH2-][n+]1c(-c2ccc(F)cc2)cccc1C(Nc1c(C(C)C)cccc1C(C)C)c1ccccc1. The molecule has 1 N–H and O–H groups in total. The number of hydrogen-bond acceptors (Lipinski definition) is 1. The molecule has 2 nitrogen and oxygen atoms in total. The third kappa shape index (κ3) is 4.84. The van der Waals surface area contributed by atoms with Crippen LogP contribution < -0.4 is 9.88 Å². The minimum absolute atomic E-state index is 0.114. The number of hydrogen-bond donors (Lipinski definition) is 1. The summed E-state index contributed by atoms with van der Waals surface area (Å²) < 4.78 is 15.5. The van der Waals surface area contributed by atoms with E-state index in [-0.39, 0.29) is 11.9 Å². The molecule has 3 heteroatoms. The lowest BCUT2D eigenvalue weighted by molar-refractivity contribution is -0.610. The molecule has 4 rings (SSSR count). The summed E-state index contributed by atoms with van der Waals surface area (Å²) in [5.41, 5.74) is 7.84. The average Bonchev–Trinajstić information content (AvgIpc) is 2.84. The van der Waals surface area contributed by atoms with Gasteiger partial charge in [-0.05, 0) is 52.3 Å². The van der Waals surface area contributed by atoms with E-state index in [4.69, 9.17) is 0 Å². The zero-order valence-corrected chi connectivity index (χ0v) is 20.4. The van der Waals surface area contributed by atoms with Crippen LogP contribution in [-0.4, -0.2) is 0 Å². The molecule has 4 aromatic rings. The molecule has 0 aliphatic rings. The van der Waals surface area contributed by atoms with Gasteiger partial charge in [0.2, 0.25) is 0 Å². The van der Waals surface area contributed by atoms with Crippen LogP contribution in [0.4, 0.5) is 10.1 Å². The van der Waals surface area contributed by atoms with Gasteiger partial charge in [-0.3, -0.25) is 0 Å². The van der Waals surface area contributed by atoms with Crippen molar-refractivity contribution in [1.82, 2.24) is 0 Å². The molecule has 1 unspecified atom stereocenters. The van der Waals surface area contributed by atoms with Crippen LogP contribution in [0.15, 0.2) is 91.0 Å². The number of rotatable bonds is 7. The van der Waals surface area contributed by atoms with Crippen molar-refractivity contribution in [3.63, 3.8) is 0 Å². The molecule has 0 fully saturated rings. The van der Waals surface area contributed by atoms with Gasteiger partial charge in [-0.1, -0.05) is 100 Å². The first-order chi connectivity index (χ1) is 16.4. The van der Waals surface area contributed by atoms with Gasteiger partial charge in [-0.25, -0.2) is 4.39 Å². The summed E-state index contributed by atoms with van der Waals surface area (Å²) in [6.07, 6.45) is 0. The predicted molar refractivity (Wildman–Crippen MR) is 139 cm³/mol. The lowest BCUT2D eigenvalue weighted by atomic mass is 9.91. The van der Waals surface area contributed by atoms with E-state index >= 15 is 0 Å². The topological polar surface area (TPSA) is 15.9 Å². The number of anilines is 1. The summed E-state index contributed by atoms with van der Waals surface area (Å²) in [6, 6.07) is 29.7. The Labute approximate surface area is 203 Å². The second-order valence-electron chi connectivity index (χ2n) is 9.38. The highest BCUT2D eigenvalue weighted by atomic mass is 19.1. The highest BCUT2D eigenvalue weighted by Gasteiger charge is 2.23. The maximum atomic E-state index is 13.5. The molecule has 1 atom stereocenters. The molecule has 0 saturated carbocycles. The van der Waals surface area contributed by atoms with E-state index in [2.05, 4.69) is 88.6 Å². The number of benzene rings is 3. The maximum Gasteiger partial charge on any atom is 0.123 e. The third-order valence-electron chi connectivity index (χ3n) is 6.35. The van der Waals surface area contributed by atoms with Crippen molar-refractivity contribution in [1.29, 1.82) is 0 Å². The Morgan fingerprint density at radius 2 is 1.29 bits per heavy atom. The number of nitrogens with zero attached hydrogens (tertiary/aromatic N) is 1. The zero-order chi connectivity index (χ0) is 24.2. The average molecular weight is 453 g/mol. The number of aromatic nitrogens is 1. The molecule has 0 aliphatic heterocycles. The normalized spacial score (nSPS) is 12.2. The van der Waals surface area contributed by atoms with Crippen molar-refractivity contribution in [3.8, 4) is 11.3 Å². The van der Waals surface area contributed by atoms with E-state index in [9.17, 15) is 4.39 Å². The van der Waals surface area contributed by atoms with E-state index in [1.165, 1.54) is 28.9 Å². The van der Waals surface area contributed by atoms with Gasteiger partial charge in [0.25, 0.3) is 0 Å². The molecule has 1 aromatic heterocycles. The van der Waals surface area contributed by atoms with Crippen molar-refractivity contribution in [3.05, 3.63) is 126 Å². The van der Waals surface area contributed by atoms with E-state index in [1.807, 2.05) is 22.8 Å². The Balaban J connectivity index is 1.88. The zero-order valence-electron chi connectivity index (χ0n) is 20.4. The van der Waals surface area contributed by atoms with Crippen LogP contribution in [0.2, 0.25) is 0 Å². The first-order valence-electron chi connectivity index (χ1n) is 11.9. The minimum Gasteiger partial charge on any atom is -0.379 e. The summed E-state index contributed by atoms with van der Waals surface area (Å²) in [7, 11) is 4.41. The van der Waals surface area contributed by atoms with Gasteiger partial charge in [0.15, 0.2) is 0 Å². The molecule has 174 valence electrons. The Morgan fingerprint density at radius 3 is 1.88 bits per heavy atom. The van der Waals surface area contributed by atoms with Gasteiger partial charge in [0.05, 0.1) is 6.04 Å². The predicted octanol–water partition coefficient (Wildman–Crippen LogP) is 7.87. The standard InChI is InChI=1S/C31H33FN2/c1-21(2)26-13-9-14-27(22(3)4)31(26)33-30(24-11-7-6-8-12-24)29-16-10-15-28(34(29)5)23-17-19-25(32)20-18-23/h6-22,30,33H,5H2,1-4H3. The monoisotopic (exact) mass is 452 g/mol. The van der Waals surface area contributed by atoms with Crippen LogP contribution in [0.3, 0.4) is 0 Å². The molecule has 0 radical (unpaired) electrons. The first-order valence-corrected chi connectivity index (χ1v) is 11.9. The van der Waals surface area contributed by atoms with E-state index < -0.39 is 0 Å². The fourth-order valence-electron chi connectivity index (χ4n) is 4.52. The Morgan fingerprint density at radius 1 is 0.706 bits per heavy atom. The smallest absolute Gasteiger partial charge is 0.123 e. The fourth-order valence-corrected chi connectivity index (χ4v) is 4.52. The Kier molecular flexibility index (Phi) is 7.02. The van der Waals surface area contributed by atoms with E-state index in [0.717, 1.165) is 22.5 Å². The number of pyridine rings is 1. The summed E-state index contributed by atoms with van der Waals surface area (Å²) in [4.78, 5) is 0. The van der Waals surface area contributed by atoms with Crippen molar-refractivity contribution in [2.45, 2.75) is 45.6 Å². The Bertz CT molecular complexity index is 1220. The van der Waals surface area contributed by atoms with Gasteiger partial charge in [0, 0.05) is 12.7 Å². The molecule has 0 amide bonds. The summed E-state index contributed by atoms with van der Waals surface area (Å²) in [5, 5.41) is 3.92. The molecule has 0 spiro atoms. The van der Waals surface area contributed by atoms with Crippen molar-refractivity contribution >= 4 is 5.69 Å². The summed E-state index contributed by atoms with van der Waals surface area (Å²) in [6.45, 7) is 8.94. The lowest BCUT2D eigenvalue weighted by Gasteiger charge is -2.28. The van der Waals surface area contributed by atoms with Gasteiger partial charge in [0.1, 0.15) is 17.2 Å². The summed E-state index contributed by atoms with van der Waals surface area (Å²) in [5.74, 6) is 0.524. The quantitative estimate of drug-likeness (QED) is 0.223. The molecule has 0 bridgehead atoms. The minimum atomic E-state index is -0.245. The van der Waals surface area contributed by atoms with Crippen LogP contribution in [0, 0.1) is 12.9 Å². The lowest BCUT2D eigenvalue weighted by Crippen LogP contribution is -2.38. The maximum absolute atomic E-state index is 13.5. The molecule has 34 heavy (non-hydrogen) atoms. The van der Waals surface area contributed by atoms with Crippen molar-refractivity contribution < 1.29 is 8.96 Å². The highest BCUT2D eigenvalue weighted by molar-refractivity contribution is 5.62. The fraction of sp³-hybridized carbons (Fsp3) is 0.226. The van der Waals surface area contributed by atoms with Crippen molar-refractivity contribution in [2.75, 3.05) is 5.32 Å². The van der Waals surface area contributed by atoms with Crippen molar-refractivity contribution in [2.24, 2.45) is 0 Å². The van der Waals surface area contributed by atoms with Crippen LogP contribution in [0.5, 0.6) is 0 Å². The molecule has 3 aromatic carbocycles. The number of nitrogens with one attached hydrogen (secondary N) is 1. The van der Waals surface area contributed by atoms with Gasteiger partial charge in [-0.2, -0.15) is 0 Å². The molecule has 0 saturated heterocycles. The van der Waals surface area contributed by atoms with Gasteiger partial charge < -0.3 is 9.88 Å². The summed E-state index contributed by atoms with van der Waals surface area (Å²) >= 11 is 0. The van der Waals surface area contributed by atoms with Gasteiger partial charge in [-0.15, -0.1) is 0 Å².